The first-order valence-electron chi connectivity index (χ1n) is 5.50. The Bertz CT molecular complexity index is 317. The smallest absolute Gasteiger partial charge is 0.126 e. The van der Waals surface area contributed by atoms with Gasteiger partial charge in [-0.2, -0.15) is 0 Å². The zero-order valence-corrected chi connectivity index (χ0v) is 11.3. The summed E-state index contributed by atoms with van der Waals surface area (Å²) in [7, 11) is 1.69. The average molecular weight is 289 g/mol. The fraction of sp³-hybridized carbons (Fsp3) is 0.538. The van der Waals surface area contributed by atoms with Crippen LogP contribution in [-0.4, -0.2) is 19.0 Å². The van der Waals surface area contributed by atoms with E-state index in [0.717, 1.165) is 23.9 Å². The Morgan fingerprint density at radius 2 is 2.06 bits per heavy atom. The Morgan fingerprint density at radius 1 is 1.38 bits per heavy atom. The SMILES string of the molecule is COCCC(C)C(CBr)c1ccccc1F. The summed E-state index contributed by atoms with van der Waals surface area (Å²) < 4.78 is 18.7. The monoisotopic (exact) mass is 288 g/mol. The van der Waals surface area contributed by atoms with E-state index >= 15 is 0 Å². The Balaban J connectivity index is 2.77. The van der Waals surface area contributed by atoms with Crippen LogP contribution in [0.3, 0.4) is 0 Å². The third-order valence-corrected chi connectivity index (χ3v) is 3.63. The molecule has 2 atom stereocenters. The van der Waals surface area contributed by atoms with Gasteiger partial charge in [-0.3, -0.25) is 0 Å². The van der Waals surface area contributed by atoms with Gasteiger partial charge in [-0.25, -0.2) is 4.39 Å². The zero-order valence-electron chi connectivity index (χ0n) is 9.75. The molecule has 16 heavy (non-hydrogen) atoms. The van der Waals surface area contributed by atoms with Crippen LogP contribution in [0.1, 0.15) is 24.8 Å². The molecule has 2 unspecified atom stereocenters. The first-order valence-corrected chi connectivity index (χ1v) is 6.62. The second-order valence-electron chi connectivity index (χ2n) is 4.04. The lowest BCUT2D eigenvalue weighted by Crippen LogP contribution is -2.14. The molecule has 0 heterocycles. The third-order valence-electron chi connectivity index (χ3n) is 2.94. The molecule has 0 N–H and O–H groups in total. The van der Waals surface area contributed by atoms with E-state index in [4.69, 9.17) is 4.74 Å². The summed E-state index contributed by atoms with van der Waals surface area (Å²) in [6.45, 7) is 2.86. The molecule has 90 valence electrons. The van der Waals surface area contributed by atoms with Gasteiger partial charge in [0.05, 0.1) is 0 Å². The lowest BCUT2D eigenvalue weighted by molar-refractivity contribution is 0.175. The molecular formula is C13H18BrFO. The summed E-state index contributed by atoms with van der Waals surface area (Å²) in [5.41, 5.74) is 0.794. The molecule has 0 aliphatic carbocycles. The van der Waals surface area contributed by atoms with Gasteiger partial charge in [0, 0.05) is 19.0 Å². The highest BCUT2D eigenvalue weighted by molar-refractivity contribution is 9.09. The Hall–Kier alpha value is -0.410. The molecule has 0 saturated carbocycles. The molecule has 1 aromatic rings. The van der Waals surface area contributed by atoms with Crippen molar-refractivity contribution in [3.05, 3.63) is 35.6 Å². The predicted octanol–water partition coefficient (Wildman–Crippen LogP) is 3.98. The Labute approximate surface area is 105 Å². The van der Waals surface area contributed by atoms with E-state index in [-0.39, 0.29) is 11.7 Å². The Morgan fingerprint density at radius 3 is 2.62 bits per heavy atom. The minimum absolute atomic E-state index is 0.115. The van der Waals surface area contributed by atoms with Crippen molar-refractivity contribution < 1.29 is 9.13 Å². The number of benzene rings is 1. The number of ether oxygens (including phenoxy) is 1. The summed E-state index contributed by atoms with van der Waals surface area (Å²) in [5, 5.41) is 0.777. The van der Waals surface area contributed by atoms with Gasteiger partial charge in [-0.15, -0.1) is 0 Å². The molecule has 0 aliphatic heterocycles. The van der Waals surface area contributed by atoms with E-state index in [1.807, 2.05) is 12.1 Å². The maximum absolute atomic E-state index is 13.7. The average Bonchev–Trinajstić information content (AvgIpc) is 2.30. The van der Waals surface area contributed by atoms with E-state index in [1.54, 1.807) is 13.2 Å². The van der Waals surface area contributed by atoms with Crippen LogP contribution in [0.4, 0.5) is 4.39 Å². The van der Waals surface area contributed by atoms with Crippen LogP contribution in [0.5, 0.6) is 0 Å². The first kappa shape index (κ1) is 13.7. The molecule has 0 aromatic heterocycles. The number of hydrogen-bond acceptors (Lipinski definition) is 1. The summed E-state index contributed by atoms with van der Waals surface area (Å²) in [6, 6.07) is 7.00. The zero-order chi connectivity index (χ0) is 12.0. The standard InChI is InChI=1S/C13H18BrFO/c1-10(7-8-16-2)12(9-14)11-5-3-4-6-13(11)15/h3-6,10,12H,7-9H2,1-2H3. The number of halogens is 2. The molecule has 1 nitrogen and oxygen atoms in total. The van der Waals surface area contributed by atoms with Crippen LogP contribution in [0.2, 0.25) is 0 Å². The number of methoxy groups -OCH3 is 1. The minimum atomic E-state index is -0.115. The maximum Gasteiger partial charge on any atom is 0.126 e. The minimum Gasteiger partial charge on any atom is -0.385 e. The number of hydrogen-bond donors (Lipinski definition) is 0. The summed E-state index contributed by atoms with van der Waals surface area (Å²) >= 11 is 3.47. The largest absolute Gasteiger partial charge is 0.385 e. The van der Waals surface area contributed by atoms with Gasteiger partial charge >= 0.3 is 0 Å². The van der Waals surface area contributed by atoms with Crippen molar-refractivity contribution in [3.8, 4) is 0 Å². The van der Waals surface area contributed by atoms with Gasteiger partial charge in [0.2, 0.25) is 0 Å². The van der Waals surface area contributed by atoms with E-state index in [9.17, 15) is 4.39 Å². The molecule has 1 rings (SSSR count). The fourth-order valence-corrected chi connectivity index (χ4v) is 2.81. The van der Waals surface area contributed by atoms with Crippen molar-refractivity contribution in [2.75, 3.05) is 19.0 Å². The van der Waals surface area contributed by atoms with Crippen molar-refractivity contribution in [2.24, 2.45) is 5.92 Å². The highest BCUT2D eigenvalue weighted by atomic mass is 79.9. The molecule has 0 fully saturated rings. The van der Waals surface area contributed by atoms with E-state index in [0.29, 0.717) is 5.92 Å². The first-order chi connectivity index (χ1) is 7.70. The van der Waals surface area contributed by atoms with Crippen molar-refractivity contribution in [2.45, 2.75) is 19.3 Å². The molecular weight excluding hydrogens is 271 g/mol. The quantitative estimate of drug-likeness (QED) is 0.720. The van der Waals surface area contributed by atoms with Crippen LogP contribution in [0.25, 0.3) is 0 Å². The lowest BCUT2D eigenvalue weighted by Gasteiger charge is -2.22. The van der Waals surface area contributed by atoms with E-state index < -0.39 is 0 Å². The van der Waals surface area contributed by atoms with Crippen LogP contribution in [-0.2, 0) is 4.74 Å². The summed E-state index contributed by atoms with van der Waals surface area (Å²) in [4.78, 5) is 0. The molecule has 0 spiro atoms. The van der Waals surface area contributed by atoms with Crippen LogP contribution < -0.4 is 0 Å². The third kappa shape index (κ3) is 3.56. The van der Waals surface area contributed by atoms with Gasteiger partial charge in [-0.05, 0) is 29.9 Å². The molecule has 0 aliphatic rings. The van der Waals surface area contributed by atoms with Crippen molar-refractivity contribution >= 4 is 15.9 Å². The van der Waals surface area contributed by atoms with Crippen molar-refractivity contribution in [3.63, 3.8) is 0 Å². The highest BCUT2D eigenvalue weighted by Gasteiger charge is 2.20. The van der Waals surface area contributed by atoms with Crippen molar-refractivity contribution in [1.82, 2.24) is 0 Å². The second-order valence-corrected chi connectivity index (χ2v) is 4.69. The number of rotatable bonds is 6. The van der Waals surface area contributed by atoms with Gasteiger partial charge in [0.25, 0.3) is 0 Å². The van der Waals surface area contributed by atoms with Crippen molar-refractivity contribution in [1.29, 1.82) is 0 Å². The second kappa shape index (κ2) is 7.02. The Kier molecular flexibility index (Phi) is 5.99. The van der Waals surface area contributed by atoms with Gasteiger partial charge in [0.1, 0.15) is 5.82 Å². The van der Waals surface area contributed by atoms with Gasteiger partial charge < -0.3 is 4.74 Å². The summed E-state index contributed by atoms with van der Waals surface area (Å²) in [5.74, 6) is 0.490. The highest BCUT2D eigenvalue weighted by Crippen LogP contribution is 2.30. The van der Waals surface area contributed by atoms with Gasteiger partial charge in [-0.1, -0.05) is 41.1 Å². The van der Waals surface area contributed by atoms with Crippen LogP contribution in [0, 0.1) is 11.7 Å². The fourth-order valence-electron chi connectivity index (χ4n) is 1.82. The molecule has 0 bridgehead atoms. The molecule has 1 aromatic carbocycles. The summed E-state index contributed by atoms with van der Waals surface area (Å²) in [6.07, 6.45) is 0.946. The number of alkyl halides is 1. The maximum atomic E-state index is 13.7. The molecule has 0 amide bonds. The van der Waals surface area contributed by atoms with E-state index in [2.05, 4.69) is 22.9 Å². The lowest BCUT2D eigenvalue weighted by atomic mass is 9.86. The predicted molar refractivity (Wildman–Crippen MR) is 68.6 cm³/mol. The normalized spacial score (nSPS) is 14.8. The topological polar surface area (TPSA) is 9.23 Å². The van der Waals surface area contributed by atoms with Crippen LogP contribution in [0.15, 0.2) is 24.3 Å². The molecule has 0 saturated heterocycles. The van der Waals surface area contributed by atoms with Crippen LogP contribution >= 0.6 is 15.9 Å². The van der Waals surface area contributed by atoms with Gasteiger partial charge in [0.15, 0.2) is 0 Å². The molecule has 0 radical (unpaired) electrons. The van der Waals surface area contributed by atoms with E-state index in [1.165, 1.54) is 6.07 Å². The molecule has 3 heteroatoms.